The lowest BCUT2D eigenvalue weighted by atomic mass is 10.1. The Balaban J connectivity index is 2.54. The van der Waals surface area contributed by atoms with Crippen molar-refractivity contribution in [2.75, 3.05) is 32.1 Å². The van der Waals surface area contributed by atoms with Gasteiger partial charge in [-0.2, -0.15) is 12.7 Å². The Morgan fingerprint density at radius 2 is 1.75 bits per heavy atom. The predicted octanol–water partition coefficient (Wildman–Crippen LogP) is 2.78. The second-order valence-corrected chi connectivity index (χ2v) is 10.8. The van der Waals surface area contributed by atoms with Crippen molar-refractivity contribution in [2.24, 2.45) is 0 Å². The fraction of sp³-hybridized carbons (Fsp3) is 0.440. The zero-order chi connectivity index (χ0) is 27.0. The molecule has 2 amide bonds. The van der Waals surface area contributed by atoms with Gasteiger partial charge in [0.15, 0.2) is 0 Å². The highest BCUT2D eigenvalue weighted by atomic mass is 32.2. The second-order valence-electron chi connectivity index (χ2n) is 8.71. The molecule has 0 saturated heterocycles. The first kappa shape index (κ1) is 29.1. The highest BCUT2D eigenvalue weighted by Crippen LogP contribution is 2.24. The number of nitrogens with zero attached hydrogens (tertiary/aromatic N) is 3. The minimum atomic E-state index is -4.24. The van der Waals surface area contributed by atoms with E-state index in [2.05, 4.69) is 5.32 Å². The first-order chi connectivity index (χ1) is 16.9. The van der Waals surface area contributed by atoms with Crippen LogP contribution in [0.15, 0.2) is 48.5 Å². The van der Waals surface area contributed by atoms with E-state index < -0.39 is 34.5 Å². The number of ether oxygens (including phenoxy) is 1. The summed E-state index contributed by atoms with van der Waals surface area (Å²) >= 11 is 0. The molecule has 1 N–H and O–H groups in total. The summed E-state index contributed by atoms with van der Waals surface area (Å²) in [5, 5.41) is 2.82. The molecule has 0 aromatic heterocycles. The van der Waals surface area contributed by atoms with Gasteiger partial charge >= 0.3 is 10.2 Å². The zero-order valence-corrected chi connectivity index (χ0v) is 22.4. The van der Waals surface area contributed by atoms with Gasteiger partial charge in [0.2, 0.25) is 11.8 Å². The van der Waals surface area contributed by atoms with Crippen LogP contribution in [-0.2, 0) is 26.3 Å². The molecule has 0 heterocycles. The fourth-order valence-electron chi connectivity index (χ4n) is 3.62. The van der Waals surface area contributed by atoms with E-state index in [4.69, 9.17) is 4.74 Å². The van der Waals surface area contributed by atoms with Crippen molar-refractivity contribution in [3.63, 3.8) is 0 Å². The molecule has 11 heteroatoms. The molecule has 1 atom stereocenters. The molecule has 0 fully saturated rings. The van der Waals surface area contributed by atoms with E-state index in [-0.39, 0.29) is 30.6 Å². The van der Waals surface area contributed by atoms with Crippen molar-refractivity contribution in [1.82, 2.24) is 14.5 Å². The SMILES string of the molecule is CC[C@@H](C(=O)NC(C)C)N(Cc1cccc(OC)c1)C(=O)CN(c1ccccc1F)S(=O)(=O)N(C)C. The van der Waals surface area contributed by atoms with Crippen molar-refractivity contribution in [1.29, 1.82) is 0 Å². The molecule has 0 spiro atoms. The number of carbonyl (C=O) groups is 2. The topological polar surface area (TPSA) is 99.3 Å². The van der Waals surface area contributed by atoms with Gasteiger partial charge in [-0.1, -0.05) is 31.2 Å². The van der Waals surface area contributed by atoms with Crippen molar-refractivity contribution in [2.45, 2.75) is 45.8 Å². The number of hydrogen-bond donors (Lipinski definition) is 1. The van der Waals surface area contributed by atoms with Gasteiger partial charge in [0, 0.05) is 26.7 Å². The summed E-state index contributed by atoms with van der Waals surface area (Å²) in [4.78, 5) is 28.1. The highest BCUT2D eigenvalue weighted by Gasteiger charge is 2.34. The van der Waals surface area contributed by atoms with Crippen LogP contribution in [-0.4, -0.2) is 69.3 Å². The number of carbonyl (C=O) groups excluding carboxylic acids is 2. The maximum atomic E-state index is 14.7. The summed E-state index contributed by atoms with van der Waals surface area (Å²) in [5.74, 6) is -1.24. The van der Waals surface area contributed by atoms with Crippen LogP contribution in [0.3, 0.4) is 0 Å². The van der Waals surface area contributed by atoms with Crippen LogP contribution in [0.4, 0.5) is 10.1 Å². The highest BCUT2D eigenvalue weighted by molar-refractivity contribution is 7.90. The van der Waals surface area contributed by atoms with E-state index in [1.165, 1.54) is 44.3 Å². The molecule has 2 aromatic carbocycles. The van der Waals surface area contributed by atoms with Crippen molar-refractivity contribution in [3.8, 4) is 5.75 Å². The smallest absolute Gasteiger partial charge is 0.304 e. The van der Waals surface area contributed by atoms with Crippen LogP contribution in [0.25, 0.3) is 0 Å². The largest absolute Gasteiger partial charge is 0.497 e. The molecule has 0 saturated carbocycles. The molecule has 0 aliphatic rings. The molecule has 36 heavy (non-hydrogen) atoms. The number of hydrogen-bond acceptors (Lipinski definition) is 5. The molecular formula is C25H35FN4O5S. The Bertz CT molecular complexity index is 1160. The molecule has 0 radical (unpaired) electrons. The molecule has 2 rings (SSSR count). The lowest BCUT2D eigenvalue weighted by Crippen LogP contribution is -2.54. The van der Waals surface area contributed by atoms with E-state index in [0.717, 1.165) is 14.7 Å². The summed E-state index contributed by atoms with van der Waals surface area (Å²) in [7, 11) is -0.124. The van der Waals surface area contributed by atoms with Crippen LogP contribution in [0, 0.1) is 5.82 Å². The summed E-state index contributed by atoms with van der Waals surface area (Å²) < 4.78 is 47.8. The molecule has 0 aliphatic heterocycles. The lowest BCUT2D eigenvalue weighted by Gasteiger charge is -2.34. The van der Waals surface area contributed by atoms with Gasteiger partial charge in [-0.05, 0) is 50.1 Å². The van der Waals surface area contributed by atoms with Gasteiger partial charge in [0.05, 0.1) is 12.8 Å². The first-order valence-corrected chi connectivity index (χ1v) is 13.0. The Morgan fingerprint density at radius 1 is 1.08 bits per heavy atom. The second kappa shape index (κ2) is 12.7. The van der Waals surface area contributed by atoms with Gasteiger partial charge in [-0.25, -0.2) is 8.70 Å². The van der Waals surface area contributed by atoms with Crippen LogP contribution < -0.4 is 14.4 Å². The third kappa shape index (κ3) is 7.17. The van der Waals surface area contributed by atoms with Gasteiger partial charge < -0.3 is 15.0 Å². The minimum Gasteiger partial charge on any atom is -0.497 e. The average Bonchev–Trinajstić information content (AvgIpc) is 2.82. The lowest BCUT2D eigenvalue weighted by molar-refractivity contribution is -0.140. The number of halogens is 1. The third-order valence-corrected chi connectivity index (χ3v) is 7.25. The molecule has 0 bridgehead atoms. The standard InChI is InChI=1S/C25H35FN4O5S/c1-7-22(25(32)27-18(2)3)29(16-19-11-10-12-20(15-19)35-6)24(31)17-30(36(33,34)28(4)5)23-14-9-8-13-21(23)26/h8-15,18,22H,7,16-17H2,1-6H3,(H,27,32)/t22-/m0/s1. The predicted molar refractivity (Wildman–Crippen MR) is 137 cm³/mol. The maximum Gasteiger partial charge on any atom is 0.304 e. The number of benzene rings is 2. The van der Waals surface area contributed by atoms with E-state index in [1.54, 1.807) is 31.2 Å². The van der Waals surface area contributed by atoms with E-state index in [1.807, 2.05) is 13.8 Å². The molecule has 0 aliphatic carbocycles. The molecule has 2 aromatic rings. The molecule has 0 unspecified atom stereocenters. The number of methoxy groups -OCH3 is 1. The zero-order valence-electron chi connectivity index (χ0n) is 21.6. The maximum absolute atomic E-state index is 14.7. The van der Waals surface area contributed by atoms with E-state index in [0.29, 0.717) is 11.3 Å². The first-order valence-electron chi connectivity index (χ1n) is 11.6. The van der Waals surface area contributed by atoms with Gasteiger partial charge in [-0.15, -0.1) is 0 Å². The van der Waals surface area contributed by atoms with Crippen molar-refractivity contribution < 1.29 is 27.1 Å². The summed E-state index contributed by atoms with van der Waals surface area (Å²) in [6, 6.07) is 11.3. The van der Waals surface area contributed by atoms with Gasteiger partial charge in [-0.3, -0.25) is 9.59 Å². The third-order valence-electron chi connectivity index (χ3n) is 5.44. The summed E-state index contributed by atoms with van der Waals surface area (Å²) in [6.45, 7) is 4.70. The Kier molecular flexibility index (Phi) is 10.2. The summed E-state index contributed by atoms with van der Waals surface area (Å²) in [5.41, 5.74) is 0.423. The van der Waals surface area contributed by atoms with Crippen molar-refractivity contribution in [3.05, 3.63) is 59.9 Å². The van der Waals surface area contributed by atoms with Crippen molar-refractivity contribution >= 4 is 27.7 Å². The number of amides is 2. The molecule has 198 valence electrons. The fourth-order valence-corrected chi connectivity index (χ4v) is 4.69. The van der Waals surface area contributed by atoms with Gasteiger partial charge in [0.25, 0.3) is 0 Å². The Morgan fingerprint density at radius 3 is 2.31 bits per heavy atom. The number of rotatable bonds is 12. The molecular weight excluding hydrogens is 487 g/mol. The quantitative estimate of drug-likeness (QED) is 0.462. The Labute approximate surface area is 213 Å². The summed E-state index contributed by atoms with van der Waals surface area (Å²) in [6.07, 6.45) is 0.286. The van der Waals surface area contributed by atoms with Gasteiger partial charge in [0.1, 0.15) is 24.2 Å². The molecule has 9 nitrogen and oxygen atoms in total. The van der Waals surface area contributed by atoms with Crippen LogP contribution >= 0.6 is 0 Å². The van der Waals surface area contributed by atoms with Crippen LogP contribution in [0.5, 0.6) is 5.75 Å². The van der Waals surface area contributed by atoms with E-state index >= 15 is 0 Å². The number of anilines is 1. The number of nitrogens with one attached hydrogen (secondary N) is 1. The normalized spacial score (nSPS) is 12.4. The van der Waals surface area contributed by atoms with Crippen LogP contribution in [0.2, 0.25) is 0 Å². The minimum absolute atomic E-state index is 0.0210. The van der Waals surface area contributed by atoms with E-state index in [9.17, 15) is 22.4 Å². The number of para-hydroxylation sites is 1. The Hall–Kier alpha value is -3.18. The monoisotopic (exact) mass is 522 g/mol. The average molecular weight is 523 g/mol. The van der Waals surface area contributed by atoms with Crippen LogP contribution in [0.1, 0.15) is 32.8 Å².